The van der Waals surface area contributed by atoms with E-state index >= 15 is 0 Å². The van der Waals surface area contributed by atoms with Crippen molar-refractivity contribution in [3.05, 3.63) is 0 Å². The largest absolute Gasteiger partial charge is 0.313 e. The number of thioether (sulfide) groups is 1. The Labute approximate surface area is 92.8 Å². The van der Waals surface area contributed by atoms with Crippen LogP contribution in [0.2, 0.25) is 0 Å². The molecule has 1 rings (SSSR count). The van der Waals surface area contributed by atoms with Crippen molar-refractivity contribution in [3.63, 3.8) is 0 Å². The van der Waals surface area contributed by atoms with Crippen LogP contribution in [-0.2, 0) is 0 Å². The SMILES string of the molecule is CCNC1CCN(CC(C)CSC)C1. The lowest BCUT2D eigenvalue weighted by Gasteiger charge is -2.20. The molecule has 0 saturated carbocycles. The van der Waals surface area contributed by atoms with Crippen LogP contribution >= 0.6 is 11.8 Å². The first-order valence-electron chi connectivity index (χ1n) is 5.71. The summed E-state index contributed by atoms with van der Waals surface area (Å²) < 4.78 is 0. The monoisotopic (exact) mass is 216 g/mol. The van der Waals surface area contributed by atoms with Gasteiger partial charge < -0.3 is 10.2 Å². The van der Waals surface area contributed by atoms with Gasteiger partial charge in [-0.2, -0.15) is 11.8 Å². The van der Waals surface area contributed by atoms with E-state index in [9.17, 15) is 0 Å². The number of likely N-dealkylation sites (N-methyl/N-ethyl adjacent to an activating group) is 1. The van der Waals surface area contributed by atoms with E-state index in [0.717, 1.165) is 18.5 Å². The minimum absolute atomic E-state index is 0.751. The van der Waals surface area contributed by atoms with E-state index in [0.29, 0.717) is 0 Å². The Kier molecular flexibility index (Phi) is 5.90. The van der Waals surface area contributed by atoms with Crippen LogP contribution in [0.15, 0.2) is 0 Å². The standard InChI is InChI=1S/C11H24N2S/c1-4-12-11-5-6-13(8-11)7-10(2)9-14-3/h10-12H,4-9H2,1-3H3. The number of hydrogen-bond acceptors (Lipinski definition) is 3. The summed E-state index contributed by atoms with van der Waals surface area (Å²) in [5.74, 6) is 2.13. The Bertz CT molecular complexity index is 152. The van der Waals surface area contributed by atoms with Crippen molar-refractivity contribution in [2.75, 3.05) is 38.2 Å². The van der Waals surface area contributed by atoms with Crippen LogP contribution in [0.5, 0.6) is 0 Å². The molecule has 0 amide bonds. The molecule has 2 nitrogen and oxygen atoms in total. The number of likely N-dealkylation sites (tertiary alicyclic amines) is 1. The van der Waals surface area contributed by atoms with Gasteiger partial charge in [0.15, 0.2) is 0 Å². The second kappa shape index (κ2) is 6.70. The third-order valence-corrected chi connectivity index (χ3v) is 3.69. The smallest absolute Gasteiger partial charge is 0.0207 e. The highest BCUT2D eigenvalue weighted by Gasteiger charge is 2.22. The molecule has 2 atom stereocenters. The fraction of sp³-hybridized carbons (Fsp3) is 1.00. The van der Waals surface area contributed by atoms with E-state index in [1.54, 1.807) is 0 Å². The predicted molar refractivity (Wildman–Crippen MR) is 66.1 cm³/mol. The molecule has 1 saturated heterocycles. The maximum Gasteiger partial charge on any atom is 0.0207 e. The first-order valence-corrected chi connectivity index (χ1v) is 7.10. The molecule has 1 aliphatic heterocycles. The lowest BCUT2D eigenvalue weighted by molar-refractivity contribution is 0.293. The first-order chi connectivity index (χ1) is 6.76. The van der Waals surface area contributed by atoms with Crippen LogP contribution in [0.25, 0.3) is 0 Å². The van der Waals surface area contributed by atoms with Gasteiger partial charge in [0, 0.05) is 19.1 Å². The van der Waals surface area contributed by atoms with Gasteiger partial charge in [-0.3, -0.25) is 0 Å². The van der Waals surface area contributed by atoms with E-state index in [1.807, 2.05) is 11.8 Å². The second-order valence-corrected chi connectivity index (χ2v) is 5.27. The zero-order chi connectivity index (χ0) is 10.4. The molecule has 84 valence electrons. The van der Waals surface area contributed by atoms with Gasteiger partial charge >= 0.3 is 0 Å². The van der Waals surface area contributed by atoms with Gasteiger partial charge in [-0.25, -0.2) is 0 Å². The quantitative estimate of drug-likeness (QED) is 0.727. The van der Waals surface area contributed by atoms with Gasteiger partial charge in [0.05, 0.1) is 0 Å². The highest BCUT2D eigenvalue weighted by Crippen LogP contribution is 2.13. The van der Waals surface area contributed by atoms with E-state index < -0.39 is 0 Å². The van der Waals surface area contributed by atoms with Gasteiger partial charge in [0.2, 0.25) is 0 Å². The summed E-state index contributed by atoms with van der Waals surface area (Å²) in [5, 5.41) is 3.53. The number of hydrogen-bond donors (Lipinski definition) is 1. The highest BCUT2D eigenvalue weighted by molar-refractivity contribution is 7.98. The third kappa shape index (κ3) is 4.20. The zero-order valence-electron chi connectivity index (χ0n) is 9.75. The molecule has 0 bridgehead atoms. The molecule has 14 heavy (non-hydrogen) atoms. The van der Waals surface area contributed by atoms with Crippen molar-refractivity contribution in [2.24, 2.45) is 5.92 Å². The number of nitrogens with zero attached hydrogens (tertiary/aromatic N) is 1. The summed E-state index contributed by atoms with van der Waals surface area (Å²) in [6.07, 6.45) is 3.53. The van der Waals surface area contributed by atoms with Gasteiger partial charge in [-0.05, 0) is 37.4 Å². The number of nitrogens with one attached hydrogen (secondary N) is 1. The number of rotatable bonds is 6. The fourth-order valence-corrected chi connectivity index (χ4v) is 2.91. The second-order valence-electron chi connectivity index (χ2n) is 4.36. The summed E-state index contributed by atoms with van der Waals surface area (Å²) in [7, 11) is 0. The van der Waals surface area contributed by atoms with Crippen LogP contribution in [-0.4, -0.2) is 49.1 Å². The van der Waals surface area contributed by atoms with Crippen LogP contribution < -0.4 is 5.32 Å². The molecule has 1 aliphatic rings. The molecule has 0 aromatic carbocycles. The lowest BCUT2D eigenvalue weighted by atomic mass is 10.2. The Morgan fingerprint density at radius 2 is 2.36 bits per heavy atom. The molecule has 0 radical (unpaired) electrons. The van der Waals surface area contributed by atoms with Gasteiger partial charge in [0.1, 0.15) is 0 Å². The Balaban J connectivity index is 2.15. The Hall–Kier alpha value is 0.270. The third-order valence-electron chi connectivity index (χ3n) is 2.79. The van der Waals surface area contributed by atoms with Gasteiger partial charge in [-0.15, -0.1) is 0 Å². The molecular weight excluding hydrogens is 192 g/mol. The summed E-state index contributed by atoms with van der Waals surface area (Å²) in [6.45, 7) is 9.49. The maximum absolute atomic E-state index is 3.53. The van der Waals surface area contributed by atoms with Crippen molar-refractivity contribution in [1.29, 1.82) is 0 Å². The van der Waals surface area contributed by atoms with Crippen LogP contribution in [0.4, 0.5) is 0 Å². The van der Waals surface area contributed by atoms with Crippen molar-refractivity contribution in [3.8, 4) is 0 Å². The minimum atomic E-state index is 0.751. The van der Waals surface area contributed by atoms with Crippen molar-refractivity contribution in [1.82, 2.24) is 10.2 Å². The van der Waals surface area contributed by atoms with Gasteiger partial charge in [-0.1, -0.05) is 13.8 Å². The minimum Gasteiger partial charge on any atom is -0.313 e. The first kappa shape index (κ1) is 12.3. The van der Waals surface area contributed by atoms with E-state index in [1.165, 1.54) is 31.8 Å². The van der Waals surface area contributed by atoms with E-state index in [2.05, 4.69) is 30.3 Å². The molecule has 0 aliphatic carbocycles. The molecular formula is C11H24N2S. The van der Waals surface area contributed by atoms with Crippen LogP contribution in [0.1, 0.15) is 20.3 Å². The summed E-state index contributed by atoms with van der Waals surface area (Å²) >= 11 is 1.96. The zero-order valence-corrected chi connectivity index (χ0v) is 10.6. The van der Waals surface area contributed by atoms with Crippen LogP contribution in [0.3, 0.4) is 0 Å². The predicted octanol–water partition coefficient (Wildman–Crippen LogP) is 1.67. The molecule has 3 heteroatoms. The van der Waals surface area contributed by atoms with E-state index in [4.69, 9.17) is 0 Å². The Morgan fingerprint density at radius 3 is 3.00 bits per heavy atom. The van der Waals surface area contributed by atoms with E-state index in [-0.39, 0.29) is 0 Å². The molecule has 1 N–H and O–H groups in total. The lowest BCUT2D eigenvalue weighted by Crippen LogP contribution is -2.34. The summed E-state index contributed by atoms with van der Waals surface area (Å²) in [4.78, 5) is 2.61. The fourth-order valence-electron chi connectivity index (χ4n) is 2.23. The van der Waals surface area contributed by atoms with Crippen LogP contribution in [0, 0.1) is 5.92 Å². The maximum atomic E-state index is 3.53. The Morgan fingerprint density at radius 1 is 1.57 bits per heavy atom. The normalized spacial score (nSPS) is 25.5. The molecule has 0 aromatic heterocycles. The molecule has 0 aromatic rings. The molecule has 2 unspecified atom stereocenters. The van der Waals surface area contributed by atoms with Crippen molar-refractivity contribution >= 4 is 11.8 Å². The summed E-state index contributed by atoms with van der Waals surface area (Å²) in [6, 6.07) is 0.751. The average Bonchev–Trinajstić information content (AvgIpc) is 2.53. The van der Waals surface area contributed by atoms with Crippen molar-refractivity contribution < 1.29 is 0 Å². The molecule has 0 spiro atoms. The molecule has 1 heterocycles. The highest BCUT2D eigenvalue weighted by atomic mass is 32.2. The topological polar surface area (TPSA) is 15.3 Å². The van der Waals surface area contributed by atoms with Gasteiger partial charge in [0.25, 0.3) is 0 Å². The summed E-state index contributed by atoms with van der Waals surface area (Å²) in [5.41, 5.74) is 0. The average molecular weight is 216 g/mol. The van der Waals surface area contributed by atoms with Crippen molar-refractivity contribution in [2.45, 2.75) is 26.3 Å². The molecule has 1 fully saturated rings.